The lowest BCUT2D eigenvalue weighted by atomic mass is 10.2. The average Bonchev–Trinajstić information content (AvgIpc) is 2.57. The molecular weight excluding hydrogens is 292 g/mol. The molecule has 0 aliphatic carbocycles. The summed E-state index contributed by atoms with van der Waals surface area (Å²) in [6.07, 6.45) is 9.72. The van der Waals surface area contributed by atoms with Crippen molar-refractivity contribution in [2.75, 3.05) is 26.6 Å². The summed E-state index contributed by atoms with van der Waals surface area (Å²) in [4.78, 5) is 0. The van der Waals surface area contributed by atoms with E-state index >= 15 is 0 Å². The highest BCUT2D eigenvalue weighted by Gasteiger charge is 2.12. The van der Waals surface area contributed by atoms with Crippen LogP contribution < -0.4 is 0 Å². The molecular formula is C19H38O4. The van der Waals surface area contributed by atoms with Gasteiger partial charge in [0.1, 0.15) is 0 Å². The van der Waals surface area contributed by atoms with Crippen molar-refractivity contribution in [1.82, 2.24) is 0 Å². The van der Waals surface area contributed by atoms with Crippen molar-refractivity contribution in [3.8, 4) is 0 Å². The number of unbranched alkanes of at least 4 members (excludes halogenated alkanes) is 4. The van der Waals surface area contributed by atoms with Gasteiger partial charge in [-0.1, -0.05) is 53.4 Å². The Bertz CT molecular complexity index is 277. The molecule has 138 valence electrons. The minimum absolute atomic E-state index is 0.232. The molecule has 0 saturated heterocycles. The first-order valence-electron chi connectivity index (χ1n) is 9.49. The Kier molecular flexibility index (Phi) is 16.8. The largest absolute Gasteiger partial charge is 0.491 e. The van der Waals surface area contributed by atoms with Gasteiger partial charge in [-0.15, -0.1) is 0 Å². The summed E-state index contributed by atoms with van der Waals surface area (Å²) in [6.45, 7) is 10.9. The fourth-order valence-corrected chi connectivity index (χ4v) is 2.00. The van der Waals surface area contributed by atoms with Crippen LogP contribution in [0.2, 0.25) is 0 Å². The van der Waals surface area contributed by atoms with Crippen molar-refractivity contribution >= 4 is 0 Å². The molecule has 0 fully saturated rings. The van der Waals surface area contributed by atoms with E-state index in [0.717, 1.165) is 44.5 Å². The van der Waals surface area contributed by atoms with Crippen LogP contribution in [-0.4, -0.2) is 26.6 Å². The van der Waals surface area contributed by atoms with Crippen LogP contribution in [0.25, 0.3) is 0 Å². The zero-order chi connectivity index (χ0) is 17.2. The van der Waals surface area contributed by atoms with Crippen molar-refractivity contribution in [2.45, 2.75) is 85.5 Å². The molecule has 0 spiro atoms. The minimum Gasteiger partial charge on any atom is -0.491 e. The predicted octanol–water partition coefficient (Wildman–Crippen LogP) is 5.77. The van der Waals surface area contributed by atoms with Crippen LogP contribution in [0.15, 0.2) is 11.7 Å². The Hall–Kier alpha value is -0.900. The maximum Gasteiger partial charge on any atom is 0.321 e. The lowest BCUT2D eigenvalue weighted by Crippen LogP contribution is -2.10. The van der Waals surface area contributed by atoms with Gasteiger partial charge in [0.05, 0.1) is 19.8 Å². The van der Waals surface area contributed by atoms with Crippen molar-refractivity contribution in [3.63, 3.8) is 0 Å². The van der Waals surface area contributed by atoms with Crippen molar-refractivity contribution in [1.29, 1.82) is 0 Å². The van der Waals surface area contributed by atoms with Gasteiger partial charge in [0, 0.05) is 6.42 Å². The molecule has 0 aromatic heterocycles. The van der Waals surface area contributed by atoms with Crippen molar-refractivity contribution < 1.29 is 18.9 Å². The molecule has 0 N–H and O–H groups in total. The third kappa shape index (κ3) is 13.3. The first-order valence-corrected chi connectivity index (χ1v) is 9.49. The molecule has 0 radical (unpaired) electrons. The lowest BCUT2D eigenvalue weighted by Gasteiger charge is -2.17. The zero-order valence-electron chi connectivity index (χ0n) is 15.8. The fourth-order valence-electron chi connectivity index (χ4n) is 2.00. The molecule has 0 bridgehead atoms. The SMILES string of the molecule is CCCCCOCO/C(OCCC)=C(/CCCCC)OCCC. The lowest BCUT2D eigenvalue weighted by molar-refractivity contribution is -0.0840. The van der Waals surface area contributed by atoms with E-state index in [2.05, 4.69) is 27.7 Å². The molecule has 0 aromatic rings. The van der Waals surface area contributed by atoms with Crippen molar-refractivity contribution in [2.24, 2.45) is 0 Å². The topological polar surface area (TPSA) is 36.9 Å². The van der Waals surface area contributed by atoms with Crippen LogP contribution in [0.3, 0.4) is 0 Å². The van der Waals surface area contributed by atoms with Gasteiger partial charge in [0.25, 0.3) is 0 Å². The molecule has 23 heavy (non-hydrogen) atoms. The summed E-state index contributed by atoms with van der Waals surface area (Å²) >= 11 is 0. The summed E-state index contributed by atoms with van der Waals surface area (Å²) < 4.78 is 22.9. The second-order valence-corrected chi connectivity index (χ2v) is 5.74. The Morgan fingerprint density at radius 1 is 0.609 bits per heavy atom. The quantitative estimate of drug-likeness (QED) is 0.193. The number of allylic oxidation sites excluding steroid dienone is 1. The number of hydrogen-bond acceptors (Lipinski definition) is 4. The second kappa shape index (κ2) is 17.5. The molecule has 0 aliphatic heterocycles. The van der Waals surface area contributed by atoms with E-state index in [1.54, 1.807) is 0 Å². The summed E-state index contributed by atoms with van der Waals surface area (Å²) in [5.41, 5.74) is 0. The van der Waals surface area contributed by atoms with Gasteiger partial charge in [-0.3, -0.25) is 0 Å². The van der Waals surface area contributed by atoms with Gasteiger partial charge >= 0.3 is 5.95 Å². The number of rotatable bonds is 17. The van der Waals surface area contributed by atoms with Crippen LogP contribution in [0.4, 0.5) is 0 Å². The van der Waals surface area contributed by atoms with Crippen LogP contribution >= 0.6 is 0 Å². The van der Waals surface area contributed by atoms with E-state index in [1.165, 1.54) is 25.7 Å². The van der Waals surface area contributed by atoms with E-state index in [4.69, 9.17) is 18.9 Å². The summed E-state index contributed by atoms with van der Waals surface area (Å²) in [6, 6.07) is 0. The number of hydrogen-bond donors (Lipinski definition) is 0. The van der Waals surface area contributed by atoms with Gasteiger partial charge < -0.3 is 18.9 Å². The standard InChI is InChI=1S/C19H38O4/c1-5-9-11-13-18(21-14-7-3)19(22-15-8-4)23-17-20-16-12-10-6-2/h5-17H2,1-4H3/b19-18-. The molecule has 0 rings (SSSR count). The van der Waals surface area contributed by atoms with Crippen LogP contribution in [-0.2, 0) is 18.9 Å². The predicted molar refractivity (Wildman–Crippen MR) is 95.1 cm³/mol. The van der Waals surface area contributed by atoms with Gasteiger partial charge in [0.15, 0.2) is 12.6 Å². The fraction of sp³-hybridized carbons (Fsp3) is 0.895. The molecule has 0 saturated carbocycles. The van der Waals surface area contributed by atoms with E-state index in [1.807, 2.05) is 0 Å². The maximum atomic E-state index is 5.87. The summed E-state index contributed by atoms with van der Waals surface area (Å²) in [5, 5.41) is 0. The first kappa shape index (κ1) is 22.1. The van der Waals surface area contributed by atoms with Gasteiger partial charge in [-0.25, -0.2) is 0 Å². The van der Waals surface area contributed by atoms with E-state index in [-0.39, 0.29) is 6.79 Å². The average molecular weight is 331 g/mol. The van der Waals surface area contributed by atoms with Crippen LogP contribution in [0.1, 0.15) is 85.5 Å². The normalized spacial score (nSPS) is 12.0. The molecule has 0 aliphatic rings. The minimum atomic E-state index is 0.232. The maximum absolute atomic E-state index is 5.87. The third-order valence-electron chi connectivity index (χ3n) is 3.32. The Morgan fingerprint density at radius 3 is 1.91 bits per heavy atom. The third-order valence-corrected chi connectivity index (χ3v) is 3.32. The number of ether oxygens (including phenoxy) is 4. The molecule has 0 amide bonds. The highest BCUT2D eigenvalue weighted by atomic mass is 16.7. The van der Waals surface area contributed by atoms with Gasteiger partial charge in [0.2, 0.25) is 0 Å². The van der Waals surface area contributed by atoms with Gasteiger partial charge in [-0.2, -0.15) is 0 Å². The van der Waals surface area contributed by atoms with Crippen molar-refractivity contribution in [3.05, 3.63) is 11.7 Å². The molecule has 4 nitrogen and oxygen atoms in total. The van der Waals surface area contributed by atoms with Gasteiger partial charge in [-0.05, 0) is 25.7 Å². The first-order chi connectivity index (χ1) is 11.3. The molecule has 4 heteroatoms. The van der Waals surface area contributed by atoms with Crippen LogP contribution in [0, 0.1) is 0 Å². The molecule has 0 aromatic carbocycles. The zero-order valence-corrected chi connectivity index (χ0v) is 15.8. The Morgan fingerprint density at radius 2 is 1.26 bits per heavy atom. The molecule has 0 atom stereocenters. The smallest absolute Gasteiger partial charge is 0.321 e. The van der Waals surface area contributed by atoms with E-state index in [0.29, 0.717) is 19.2 Å². The Balaban J connectivity index is 4.49. The van der Waals surface area contributed by atoms with E-state index in [9.17, 15) is 0 Å². The van der Waals surface area contributed by atoms with E-state index < -0.39 is 0 Å². The highest BCUT2D eigenvalue weighted by molar-refractivity contribution is 4.95. The molecule has 0 unspecified atom stereocenters. The highest BCUT2D eigenvalue weighted by Crippen LogP contribution is 2.18. The summed E-state index contributed by atoms with van der Waals surface area (Å²) in [5.74, 6) is 1.36. The van der Waals surface area contributed by atoms with Crippen LogP contribution in [0.5, 0.6) is 0 Å². The monoisotopic (exact) mass is 330 g/mol. The Labute approximate surface area is 143 Å². The molecule has 0 heterocycles. The second-order valence-electron chi connectivity index (χ2n) is 5.74. The summed E-state index contributed by atoms with van der Waals surface area (Å²) in [7, 11) is 0.